The number of aromatic nitrogens is 4. The largest absolute Gasteiger partial charge is 0.476 e. The molecular formula is C12H7FN4O3. The molecule has 0 aliphatic carbocycles. The van der Waals surface area contributed by atoms with Gasteiger partial charge in [0.05, 0.1) is 0 Å². The molecule has 1 aromatic carbocycles. The van der Waals surface area contributed by atoms with Gasteiger partial charge in [0.25, 0.3) is 0 Å². The van der Waals surface area contributed by atoms with Gasteiger partial charge in [-0.15, -0.1) is 0 Å². The number of rotatable bonds is 3. The number of nitrogens with zero attached hydrogens (tertiary/aromatic N) is 4. The molecule has 20 heavy (non-hydrogen) atoms. The Hall–Kier alpha value is -3.03. The summed E-state index contributed by atoms with van der Waals surface area (Å²) >= 11 is 0. The van der Waals surface area contributed by atoms with E-state index in [1.807, 2.05) is 0 Å². The van der Waals surface area contributed by atoms with Crippen LogP contribution in [0.3, 0.4) is 0 Å². The van der Waals surface area contributed by atoms with Crippen molar-refractivity contribution in [2.24, 2.45) is 0 Å². The Labute approximate surface area is 111 Å². The van der Waals surface area contributed by atoms with Gasteiger partial charge in [-0.1, -0.05) is 5.16 Å². The Morgan fingerprint density at radius 3 is 2.80 bits per heavy atom. The maximum atomic E-state index is 14.0. The van der Waals surface area contributed by atoms with Crippen molar-refractivity contribution in [3.8, 4) is 17.0 Å². The van der Waals surface area contributed by atoms with Crippen LogP contribution in [0.4, 0.5) is 4.39 Å². The molecule has 0 atom stereocenters. The molecule has 3 aromatic rings. The van der Waals surface area contributed by atoms with E-state index >= 15 is 0 Å². The van der Waals surface area contributed by atoms with E-state index < -0.39 is 11.8 Å². The van der Waals surface area contributed by atoms with Gasteiger partial charge in [-0.05, 0) is 18.2 Å². The normalized spacial score (nSPS) is 10.7. The standard InChI is InChI=1S/C12H7FN4O3/c13-8-3-7(11-4-9(12(18)19)16-20-11)1-2-10(8)17-6-14-5-15-17/h1-6H,(H,18,19). The molecule has 0 amide bonds. The van der Waals surface area contributed by atoms with Gasteiger partial charge in [0.2, 0.25) is 0 Å². The van der Waals surface area contributed by atoms with E-state index in [1.165, 1.54) is 35.5 Å². The number of carboxylic acid groups (broad SMARTS) is 1. The van der Waals surface area contributed by atoms with Crippen LogP contribution in [-0.4, -0.2) is 31.0 Å². The van der Waals surface area contributed by atoms with Crippen LogP contribution in [-0.2, 0) is 0 Å². The predicted molar refractivity (Wildman–Crippen MR) is 63.8 cm³/mol. The van der Waals surface area contributed by atoms with Crippen LogP contribution in [0, 0.1) is 5.82 Å². The van der Waals surface area contributed by atoms with Crippen LogP contribution >= 0.6 is 0 Å². The third kappa shape index (κ3) is 2.03. The van der Waals surface area contributed by atoms with E-state index in [1.54, 1.807) is 6.07 Å². The fraction of sp³-hybridized carbons (Fsp3) is 0. The lowest BCUT2D eigenvalue weighted by Crippen LogP contribution is -1.98. The van der Waals surface area contributed by atoms with Crippen molar-refractivity contribution in [2.75, 3.05) is 0 Å². The minimum Gasteiger partial charge on any atom is -0.476 e. The Balaban J connectivity index is 1.99. The van der Waals surface area contributed by atoms with Crippen molar-refractivity contribution >= 4 is 5.97 Å². The van der Waals surface area contributed by atoms with E-state index in [0.29, 0.717) is 5.56 Å². The second-order valence-electron chi connectivity index (χ2n) is 3.89. The number of hydrogen-bond donors (Lipinski definition) is 1. The van der Waals surface area contributed by atoms with Crippen LogP contribution in [0.2, 0.25) is 0 Å². The molecule has 0 aliphatic rings. The smallest absolute Gasteiger partial charge is 0.358 e. The highest BCUT2D eigenvalue weighted by Crippen LogP contribution is 2.24. The molecule has 1 N–H and O–H groups in total. The molecule has 0 fully saturated rings. The molecule has 3 rings (SSSR count). The summed E-state index contributed by atoms with van der Waals surface area (Å²) in [5, 5.41) is 16.0. The monoisotopic (exact) mass is 274 g/mol. The van der Waals surface area contributed by atoms with Crippen LogP contribution in [0.15, 0.2) is 41.4 Å². The van der Waals surface area contributed by atoms with Crippen LogP contribution in [0.5, 0.6) is 0 Å². The van der Waals surface area contributed by atoms with Crippen molar-refractivity contribution < 1.29 is 18.8 Å². The third-order valence-corrected chi connectivity index (χ3v) is 2.63. The highest BCUT2D eigenvalue weighted by molar-refractivity contribution is 5.86. The van der Waals surface area contributed by atoms with Crippen molar-refractivity contribution in [2.45, 2.75) is 0 Å². The zero-order valence-electron chi connectivity index (χ0n) is 9.89. The highest BCUT2D eigenvalue weighted by Gasteiger charge is 2.14. The lowest BCUT2D eigenvalue weighted by atomic mass is 10.1. The fourth-order valence-electron chi connectivity index (χ4n) is 1.69. The van der Waals surface area contributed by atoms with Crippen molar-refractivity contribution in [1.82, 2.24) is 19.9 Å². The number of aromatic carboxylic acids is 1. The lowest BCUT2D eigenvalue weighted by molar-refractivity contribution is 0.0686. The van der Waals surface area contributed by atoms with Gasteiger partial charge in [-0.25, -0.2) is 18.9 Å². The van der Waals surface area contributed by atoms with Crippen LogP contribution < -0.4 is 0 Å². The average Bonchev–Trinajstić information content (AvgIpc) is 3.10. The van der Waals surface area contributed by atoms with Gasteiger partial charge in [-0.3, -0.25) is 0 Å². The summed E-state index contributed by atoms with van der Waals surface area (Å²) in [6, 6.07) is 5.50. The predicted octanol–water partition coefficient (Wildman–Crippen LogP) is 1.76. The topological polar surface area (TPSA) is 94.0 Å². The number of halogens is 1. The summed E-state index contributed by atoms with van der Waals surface area (Å²) in [4.78, 5) is 14.4. The van der Waals surface area contributed by atoms with Crippen molar-refractivity contribution in [3.63, 3.8) is 0 Å². The van der Waals surface area contributed by atoms with E-state index in [2.05, 4.69) is 15.2 Å². The lowest BCUT2D eigenvalue weighted by Gasteiger charge is -2.03. The first-order valence-electron chi connectivity index (χ1n) is 5.50. The van der Waals surface area contributed by atoms with Gasteiger partial charge < -0.3 is 9.63 Å². The van der Waals surface area contributed by atoms with Gasteiger partial charge in [0, 0.05) is 11.6 Å². The maximum Gasteiger partial charge on any atom is 0.358 e. The first-order chi connectivity index (χ1) is 9.65. The maximum absolute atomic E-state index is 14.0. The third-order valence-electron chi connectivity index (χ3n) is 2.63. The second-order valence-corrected chi connectivity index (χ2v) is 3.89. The first kappa shape index (κ1) is 12.0. The van der Waals surface area contributed by atoms with Crippen LogP contribution in [0.1, 0.15) is 10.5 Å². The van der Waals surface area contributed by atoms with E-state index in [0.717, 1.165) is 0 Å². The van der Waals surface area contributed by atoms with E-state index in [9.17, 15) is 9.18 Å². The molecule has 2 aromatic heterocycles. The number of carboxylic acids is 1. The Morgan fingerprint density at radius 1 is 1.35 bits per heavy atom. The second kappa shape index (κ2) is 4.57. The summed E-state index contributed by atoms with van der Waals surface area (Å²) in [6.45, 7) is 0. The quantitative estimate of drug-likeness (QED) is 0.782. The zero-order chi connectivity index (χ0) is 14.1. The molecule has 8 heteroatoms. The van der Waals surface area contributed by atoms with Gasteiger partial charge in [-0.2, -0.15) is 5.10 Å². The molecule has 2 heterocycles. The molecule has 0 unspecified atom stereocenters. The molecule has 0 spiro atoms. The highest BCUT2D eigenvalue weighted by atomic mass is 19.1. The van der Waals surface area contributed by atoms with Gasteiger partial charge >= 0.3 is 5.97 Å². The minimum absolute atomic E-state index is 0.173. The van der Waals surface area contributed by atoms with Gasteiger partial charge in [0.15, 0.2) is 11.5 Å². The minimum atomic E-state index is -1.21. The fourth-order valence-corrected chi connectivity index (χ4v) is 1.69. The molecular weight excluding hydrogens is 267 g/mol. The number of hydrogen-bond acceptors (Lipinski definition) is 5. The molecule has 0 saturated heterocycles. The van der Waals surface area contributed by atoms with E-state index in [4.69, 9.17) is 9.63 Å². The molecule has 0 bridgehead atoms. The average molecular weight is 274 g/mol. The molecule has 0 aliphatic heterocycles. The molecule has 7 nitrogen and oxygen atoms in total. The summed E-state index contributed by atoms with van der Waals surface area (Å²) in [6.07, 6.45) is 2.66. The SMILES string of the molecule is O=C(O)c1cc(-c2ccc(-n3cncn3)c(F)c2)on1. The van der Waals surface area contributed by atoms with Crippen molar-refractivity contribution in [3.05, 3.63) is 48.4 Å². The molecule has 0 saturated carbocycles. The summed E-state index contributed by atoms with van der Waals surface area (Å²) in [5.74, 6) is -1.58. The summed E-state index contributed by atoms with van der Waals surface area (Å²) < 4.78 is 20.1. The Morgan fingerprint density at radius 2 is 2.20 bits per heavy atom. The van der Waals surface area contributed by atoms with E-state index in [-0.39, 0.29) is 17.1 Å². The Bertz CT molecular complexity index is 767. The summed E-state index contributed by atoms with van der Waals surface area (Å²) in [5.41, 5.74) is 0.372. The Kier molecular flexibility index (Phi) is 2.75. The number of benzene rings is 1. The number of carbonyl (C=O) groups is 1. The van der Waals surface area contributed by atoms with Crippen molar-refractivity contribution in [1.29, 1.82) is 0 Å². The van der Waals surface area contributed by atoms with Gasteiger partial charge in [0.1, 0.15) is 24.2 Å². The summed E-state index contributed by atoms with van der Waals surface area (Å²) in [7, 11) is 0. The zero-order valence-corrected chi connectivity index (χ0v) is 9.89. The first-order valence-corrected chi connectivity index (χ1v) is 5.50. The molecule has 100 valence electrons. The molecule has 0 radical (unpaired) electrons. The van der Waals surface area contributed by atoms with Crippen LogP contribution in [0.25, 0.3) is 17.0 Å².